The number of esters is 2. The number of hydrogen-bond acceptors (Lipinski definition) is 26. The van der Waals surface area contributed by atoms with Gasteiger partial charge in [0.2, 0.25) is 0 Å². The van der Waals surface area contributed by atoms with Crippen LogP contribution in [0.15, 0.2) is 236 Å². The first kappa shape index (κ1) is 105. The number of halogens is 2. The van der Waals surface area contributed by atoms with E-state index in [9.17, 15) is 48.8 Å². The van der Waals surface area contributed by atoms with E-state index >= 15 is 0 Å². The molecule has 7 aliphatic rings. The number of carboxylic acid groups (broad SMARTS) is 1. The number of nitro groups is 1. The monoisotopic (exact) mass is 2000 g/mol. The van der Waals surface area contributed by atoms with Crippen molar-refractivity contribution in [3.05, 3.63) is 294 Å². The zero-order valence-corrected chi connectivity index (χ0v) is 84.4. The molecule has 138 heavy (non-hydrogen) atoms. The van der Waals surface area contributed by atoms with Crippen LogP contribution in [0.2, 0.25) is 0 Å². The molecule has 0 radical (unpaired) electrons. The Bertz CT molecular complexity index is 6500. The molecule has 5 N–H and O–H groups in total. The smallest absolute Gasteiger partial charge is 0.870 e. The van der Waals surface area contributed by atoms with Gasteiger partial charge in [0.1, 0.15) is 32.1 Å². The summed E-state index contributed by atoms with van der Waals surface area (Å²) < 4.78 is 22.3. The first-order valence-corrected chi connectivity index (χ1v) is 48.2. The number of rotatable bonds is 17. The molecule has 4 saturated heterocycles. The number of nitrogens with zero attached hydrogens (tertiary/aromatic N) is 12. The summed E-state index contributed by atoms with van der Waals surface area (Å²) in [4.78, 5) is 140. The number of allylic oxidation sites excluding steroid dienone is 1. The summed E-state index contributed by atoms with van der Waals surface area (Å²) in [7, 11) is 3.85. The van der Waals surface area contributed by atoms with Crippen LogP contribution in [0.5, 0.6) is 0 Å². The number of carbonyl (C=O) groups excluding carboxylic acids is 6. The van der Waals surface area contributed by atoms with E-state index in [0.29, 0.717) is 107 Å². The van der Waals surface area contributed by atoms with Gasteiger partial charge in [-0.2, -0.15) is 0 Å². The second-order valence-corrected chi connectivity index (χ2v) is 41.0. The predicted molar refractivity (Wildman–Crippen MR) is 546 cm³/mol. The molecule has 7 aliphatic heterocycles. The molecule has 4 fully saturated rings. The van der Waals surface area contributed by atoms with Crippen LogP contribution in [0.4, 0.5) is 62.8 Å². The number of benzene rings is 6. The molecule has 6 aromatic carbocycles. The van der Waals surface area contributed by atoms with Gasteiger partial charge in [0.25, 0.3) is 29.3 Å². The van der Waals surface area contributed by atoms with Gasteiger partial charge in [-0.1, -0.05) is 48.0 Å². The van der Waals surface area contributed by atoms with E-state index in [0.717, 1.165) is 136 Å². The molecule has 29 nitrogen and oxygen atoms in total. The van der Waals surface area contributed by atoms with Crippen LogP contribution in [0.1, 0.15) is 192 Å². The fourth-order valence-corrected chi connectivity index (χ4v) is 21.1. The molecular weight excluding hydrogens is 1890 g/mol. The number of carbonyl (C=O) groups is 7. The Hall–Kier alpha value is -12.4. The molecule has 0 saturated carbocycles. The molecule has 2 spiro atoms. The van der Waals surface area contributed by atoms with Gasteiger partial charge < -0.3 is 55.3 Å². The third-order valence-electron chi connectivity index (χ3n) is 24.5. The molecule has 12 heterocycles. The van der Waals surface area contributed by atoms with Gasteiger partial charge in [-0.3, -0.25) is 44.0 Å². The number of nitrogens with one attached hydrogen (secondary N) is 1. The topological polar surface area (TPSA) is 370 Å². The molecule has 18 rings (SSSR count). The number of non-ortho nitro benzene ring substituents is 1. The summed E-state index contributed by atoms with van der Waals surface area (Å²) in [5.74, 6) is -1.19. The molecular formula is C103H109BrClLiN14O15S3. The van der Waals surface area contributed by atoms with Gasteiger partial charge in [-0.15, -0.1) is 34.0 Å². The van der Waals surface area contributed by atoms with E-state index in [2.05, 4.69) is 41.0 Å². The summed E-state index contributed by atoms with van der Waals surface area (Å²) in [6.45, 7) is 30.4. The van der Waals surface area contributed by atoms with Gasteiger partial charge in [-0.25, -0.2) is 39.3 Å². The molecule has 4 amide bonds. The summed E-state index contributed by atoms with van der Waals surface area (Å²) in [6, 6.07) is 56.8. The number of aryl methyl sites for hydroxylation is 2. The Morgan fingerprint density at radius 1 is 0.536 bits per heavy atom. The van der Waals surface area contributed by atoms with Crippen molar-refractivity contribution in [2.75, 3.05) is 115 Å². The number of anilines is 7. The summed E-state index contributed by atoms with van der Waals surface area (Å²) in [5.41, 5.74) is 16.7. The number of nitrogens with two attached hydrogens (primary N) is 1. The number of hydrogen-bond donors (Lipinski definition) is 3. The van der Waals surface area contributed by atoms with Gasteiger partial charge in [0, 0.05) is 130 Å². The average molecular weight is 2000 g/mol. The van der Waals surface area contributed by atoms with Gasteiger partial charge in [0.15, 0.2) is 0 Å². The number of ether oxygens (including phenoxy) is 4. The molecule has 0 unspecified atom stereocenters. The third kappa shape index (κ3) is 22.8. The number of amides is 4. The number of para-hydroxylation sites is 6. The molecule has 35 heteroatoms. The van der Waals surface area contributed by atoms with Crippen LogP contribution in [-0.4, -0.2) is 186 Å². The van der Waals surface area contributed by atoms with E-state index in [4.69, 9.17) is 51.3 Å². The number of pyridine rings is 2. The first-order chi connectivity index (χ1) is 64.8. The van der Waals surface area contributed by atoms with Crippen LogP contribution in [-0.2, 0) is 18.9 Å². The number of aromatic carboxylic acids is 1. The molecule has 0 bridgehead atoms. The van der Waals surface area contributed by atoms with Crippen LogP contribution in [0.3, 0.4) is 0 Å². The molecule has 0 aliphatic carbocycles. The van der Waals surface area contributed by atoms with Gasteiger partial charge >= 0.3 is 36.8 Å². The van der Waals surface area contributed by atoms with E-state index in [1.807, 2.05) is 191 Å². The molecule has 0 atom stereocenters. The Kier molecular flexibility index (Phi) is 33.5. The Morgan fingerprint density at radius 3 is 1.24 bits per heavy atom. The quantitative estimate of drug-likeness (QED) is 0.0190. The van der Waals surface area contributed by atoms with Crippen molar-refractivity contribution < 1.29 is 86.9 Å². The Morgan fingerprint density at radius 2 is 0.891 bits per heavy atom. The maximum atomic E-state index is 14.3. The van der Waals surface area contributed by atoms with Crippen LogP contribution < -0.4 is 54.4 Å². The number of aromatic nitrogens is 2. The Balaban J connectivity index is 0.000000167. The number of carboxylic acids is 1. The Labute approximate surface area is 839 Å². The third-order valence-corrected chi connectivity index (χ3v) is 29.0. The number of fused-ring (bicyclic) bond motifs is 3. The predicted octanol–water partition coefficient (Wildman–Crippen LogP) is 18.7. The van der Waals surface area contributed by atoms with Crippen LogP contribution in [0.25, 0.3) is 0 Å². The van der Waals surface area contributed by atoms with Crippen LogP contribution >= 0.6 is 61.5 Å². The number of nitro benzene ring substituents is 1. The zero-order valence-electron chi connectivity index (χ0n) is 79.7. The number of thiophene rings is 3. The minimum absolute atomic E-state index is 0. The first-order valence-electron chi connectivity index (χ1n) is 44.6. The zero-order chi connectivity index (χ0) is 97.5. The minimum Gasteiger partial charge on any atom is -0.870 e. The van der Waals surface area contributed by atoms with Crippen LogP contribution in [0, 0.1) is 34.8 Å². The summed E-state index contributed by atoms with van der Waals surface area (Å²) >= 11 is 13.4. The average Bonchev–Trinajstić information content (AvgIpc) is 1.18. The maximum Gasteiger partial charge on any atom is 1.00 e. The van der Waals surface area contributed by atoms with Crippen molar-refractivity contribution in [1.29, 1.82) is 0 Å². The molecule has 5 aromatic heterocycles. The fraction of sp³-hybridized carbons (Fsp3) is 0.320. The van der Waals surface area contributed by atoms with Crippen molar-refractivity contribution in [3.8, 4) is 0 Å². The van der Waals surface area contributed by atoms with Crippen molar-refractivity contribution in [2.45, 2.75) is 125 Å². The van der Waals surface area contributed by atoms with Crippen molar-refractivity contribution in [1.82, 2.24) is 14.9 Å². The summed E-state index contributed by atoms with van der Waals surface area (Å²) in [5, 5.41) is 24.1. The van der Waals surface area contributed by atoms with Gasteiger partial charge in [-0.05, 0) is 287 Å². The number of aliphatic imine (C=N–C) groups is 3. The SMILES string of the molecule is CC(C)=C(Cl)N(C)C.CC1(C)C(c2ccc(Br)s2)=Nc2ccccc2N1C(=O)c1ccc([N+](=O)[O-])cc1.CCOC(=O)c1ccc(C2=Nc3ccccc3N(C(=O)c3ccc(N)cc3)C2(C)C)s1.CCOC(=O)c1ccc(C2=Nc3ccccc3N(C(=O)c3ccc(NC(=O)c4cc(C)cnc4N4CC5(CCOCC5)C4)cc3)C2(C)C)s1.Cc1cnc(N2CC3(CCOCC3)C2)c(C(=O)O)c1.[Li+].[OH-]. The minimum atomic E-state index is -0.904. The second-order valence-electron chi connectivity index (χ2n) is 36.0. The van der Waals surface area contributed by atoms with E-state index < -0.39 is 27.5 Å². The second kappa shape index (κ2) is 44.2. The normalized spacial score (nSPS) is 16.0. The summed E-state index contributed by atoms with van der Waals surface area (Å²) in [6.07, 6.45) is 7.73. The van der Waals surface area contributed by atoms with Crippen molar-refractivity contribution in [2.24, 2.45) is 25.8 Å². The fourth-order valence-electron chi connectivity index (χ4n) is 17.5. The standard InChI is InChI=1S/C38H39N5O5S.C24H23N3O3S.C21H16BrN3O3S.C14H18N2O3.C6H12ClN.Li.H2O/c1-5-48-36(46)31-15-14-30(49-31)32-37(3,4)43(29-9-7-6-8-28(29)41-32)35(45)25-10-12-26(13-11-25)40-34(44)27-20-24(2)21-39-33(27)42-22-38(23-42)16-18-47-19-17-38;1-4-30-23(29)20-14-13-19(31-20)21-24(2,3)27(18-8-6-5-7-17(18)26-21)22(28)15-9-11-16(25)12-10-15;1-21(2)19(17-11-12-18(22)29-17)23-15-5-3-4-6-16(15)24(21)20(26)13-7-9-14(10-8-13)25(27)28;1-10-6-11(13(17)18)12(15-7-10)16-8-14(9-16)2-4-19-5-3-14;1-5(2)6(7)8(3)4;;/h6-15,20-21H,5,16-19,22-23H2,1-4H3,(H,40,44);5-14H,4,25H2,1-3H3;3-12H,1-2H3;6-7H,2-5,8-9H2,1H3,(H,17,18);1-4H3;;1H2/q;;;;;+1;/p-1. The maximum absolute atomic E-state index is 14.3. The molecule has 11 aromatic rings. The van der Waals surface area contributed by atoms with Crippen molar-refractivity contribution in [3.63, 3.8) is 0 Å². The number of nitrogen functional groups attached to an aromatic ring is 1. The van der Waals surface area contributed by atoms with E-state index in [1.54, 1.807) is 119 Å². The van der Waals surface area contributed by atoms with E-state index in [1.165, 1.54) is 46.9 Å². The van der Waals surface area contributed by atoms with E-state index in [-0.39, 0.29) is 77.6 Å². The van der Waals surface area contributed by atoms with Crippen molar-refractivity contribution >= 4 is 183 Å². The molecule has 714 valence electrons. The van der Waals surface area contributed by atoms with Gasteiger partial charge in [0.05, 0.1) is 110 Å². The largest absolute Gasteiger partial charge is 1.00 e.